The summed E-state index contributed by atoms with van der Waals surface area (Å²) in [5.74, 6) is 0.250. The second-order valence-corrected chi connectivity index (χ2v) is 5.53. The molecular weight excluding hydrogens is 249 g/mol. The van der Waals surface area contributed by atoms with Gasteiger partial charge in [0.2, 0.25) is 0 Å². The van der Waals surface area contributed by atoms with E-state index in [0.29, 0.717) is 29.0 Å². The van der Waals surface area contributed by atoms with Crippen molar-refractivity contribution in [1.29, 1.82) is 0 Å². The molecule has 0 spiro atoms. The molecule has 0 aliphatic carbocycles. The first-order valence-electron chi connectivity index (χ1n) is 6.70. The molecule has 0 bridgehead atoms. The van der Waals surface area contributed by atoms with E-state index in [2.05, 4.69) is 26.1 Å². The van der Waals surface area contributed by atoms with Gasteiger partial charge >= 0.3 is 0 Å². The van der Waals surface area contributed by atoms with E-state index in [1.807, 2.05) is 0 Å². The van der Waals surface area contributed by atoms with Gasteiger partial charge in [0.25, 0.3) is 0 Å². The highest BCUT2D eigenvalue weighted by Crippen LogP contribution is 2.23. The molecule has 0 heterocycles. The first kappa shape index (κ1) is 15.5. The molecule has 0 saturated heterocycles. The third-order valence-corrected chi connectivity index (χ3v) is 3.42. The van der Waals surface area contributed by atoms with Gasteiger partial charge in [-0.05, 0) is 37.4 Å². The average molecular weight is 272 g/mol. The van der Waals surface area contributed by atoms with E-state index < -0.39 is 0 Å². The summed E-state index contributed by atoms with van der Waals surface area (Å²) < 4.78 is 13.7. The van der Waals surface area contributed by atoms with Crippen LogP contribution in [-0.2, 0) is 6.42 Å². The molecule has 18 heavy (non-hydrogen) atoms. The fourth-order valence-electron chi connectivity index (χ4n) is 2.10. The molecule has 3 heteroatoms. The van der Waals surface area contributed by atoms with Crippen molar-refractivity contribution in [2.45, 2.75) is 46.1 Å². The second-order valence-electron chi connectivity index (χ2n) is 5.12. The van der Waals surface area contributed by atoms with Gasteiger partial charge in [-0.1, -0.05) is 44.9 Å². The van der Waals surface area contributed by atoms with Crippen molar-refractivity contribution in [3.05, 3.63) is 34.6 Å². The summed E-state index contributed by atoms with van der Waals surface area (Å²) in [6.45, 7) is 7.32. The summed E-state index contributed by atoms with van der Waals surface area (Å²) in [7, 11) is 0. The highest BCUT2D eigenvalue weighted by atomic mass is 35.5. The topological polar surface area (TPSA) is 12.0 Å². The minimum atomic E-state index is -0.187. The van der Waals surface area contributed by atoms with E-state index >= 15 is 0 Å². The quantitative estimate of drug-likeness (QED) is 0.773. The Balaban J connectivity index is 2.70. The van der Waals surface area contributed by atoms with E-state index in [4.69, 9.17) is 11.6 Å². The van der Waals surface area contributed by atoms with Crippen LogP contribution in [0.3, 0.4) is 0 Å². The van der Waals surface area contributed by atoms with Crippen molar-refractivity contribution in [2.24, 2.45) is 5.92 Å². The van der Waals surface area contributed by atoms with Crippen LogP contribution in [-0.4, -0.2) is 12.6 Å². The Kier molecular flexibility index (Phi) is 6.66. The van der Waals surface area contributed by atoms with Gasteiger partial charge in [-0.25, -0.2) is 4.39 Å². The Morgan fingerprint density at radius 3 is 2.61 bits per heavy atom. The van der Waals surface area contributed by atoms with Gasteiger partial charge < -0.3 is 5.32 Å². The molecular formula is C15H23ClFN. The molecule has 0 amide bonds. The number of nitrogens with one attached hydrogen (secondary N) is 1. The van der Waals surface area contributed by atoms with Crippen molar-refractivity contribution in [3.63, 3.8) is 0 Å². The molecule has 1 N–H and O–H groups in total. The van der Waals surface area contributed by atoms with Crippen LogP contribution in [0.15, 0.2) is 18.2 Å². The minimum absolute atomic E-state index is 0.187. The molecule has 1 unspecified atom stereocenters. The van der Waals surface area contributed by atoms with Crippen LogP contribution < -0.4 is 5.32 Å². The molecule has 0 aromatic heterocycles. The van der Waals surface area contributed by atoms with Crippen LogP contribution in [0.5, 0.6) is 0 Å². The molecule has 1 atom stereocenters. The molecule has 1 aromatic carbocycles. The van der Waals surface area contributed by atoms with E-state index in [1.165, 1.54) is 6.07 Å². The predicted octanol–water partition coefficient (Wildman–Crippen LogP) is 4.44. The van der Waals surface area contributed by atoms with Gasteiger partial charge in [0, 0.05) is 16.6 Å². The third kappa shape index (κ3) is 4.95. The summed E-state index contributed by atoms with van der Waals surface area (Å²) in [4.78, 5) is 0. The van der Waals surface area contributed by atoms with Crippen molar-refractivity contribution < 1.29 is 4.39 Å². The first-order chi connectivity index (χ1) is 8.54. The molecule has 1 aromatic rings. The molecule has 1 nitrogen and oxygen atoms in total. The first-order valence-corrected chi connectivity index (χ1v) is 7.08. The van der Waals surface area contributed by atoms with Crippen molar-refractivity contribution in [3.8, 4) is 0 Å². The smallest absolute Gasteiger partial charge is 0.127 e. The largest absolute Gasteiger partial charge is 0.314 e. The normalized spacial score (nSPS) is 13.0. The van der Waals surface area contributed by atoms with Crippen LogP contribution in [0.25, 0.3) is 0 Å². The van der Waals surface area contributed by atoms with Gasteiger partial charge in [0.15, 0.2) is 0 Å². The van der Waals surface area contributed by atoms with Crippen molar-refractivity contribution in [2.75, 3.05) is 6.54 Å². The van der Waals surface area contributed by atoms with Gasteiger partial charge in [-0.3, -0.25) is 0 Å². The summed E-state index contributed by atoms with van der Waals surface area (Å²) in [6, 6.07) is 5.36. The maximum Gasteiger partial charge on any atom is 0.127 e. The van der Waals surface area contributed by atoms with E-state index in [-0.39, 0.29) is 5.82 Å². The summed E-state index contributed by atoms with van der Waals surface area (Å²) in [5, 5.41) is 3.97. The third-order valence-electron chi connectivity index (χ3n) is 3.07. The van der Waals surface area contributed by atoms with Crippen molar-refractivity contribution >= 4 is 11.6 Å². The average Bonchev–Trinajstić information content (AvgIpc) is 2.30. The van der Waals surface area contributed by atoms with Crippen LogP contribution in [0.1, 0.15) is 39.2 Å². The summed E-state index contributed by atoms with van der Waals surface area (Å²) in [6.07, 6.45) is 2.90. The zero-order valence-corrected chi connectivity index (χ0v) is 12.2. The predicted molar refractivity (Wildman–Crippen MR) is 76.7 cm³/mol. The molecule has 0 aliphatic heterocycles. The van der Waals surface area contributed by atoms with Gasteiger partial charge in [-0.15, -0.1) is 0 Å². The molecule has 0 fully saturated rings. The number of rotatable bonds is 7. The zero-order valence-electron chi connectivity index (χ0n) is 11.5. The SMILES string of the molecule is CCCC(CNC(C)C)Cc1c(F)cccc1Cl. The Morgan fingerprint density at radius 1 is 1.33 bits per heavy atom. The Labute approximate surface area is 115 Å². The van der Waals surface area contributed by atoms with Crippen LogP contribution in [0, 0.1) is 11.7 Å². The standard InChI is InChI=1S/C15H23ClFN/c1-4-6-12(10-18-11(2)3)9-13-14(16)7-5-8-15(13)17/h5,7-8,11-12,18H,4,6,9-10H2,1-3H3. The lowest BCUT2D eigenvalue weighted by Crippen LogP contribution is -2.30. The maximum absolute atomic E-state index is 13.7. The lowest BCUT2D eigenvalue weighted by atomic mass is 9.94. The fraction of sp³-hybridized carbons (Fsp3) is 0.600. The lowest BCUT2D eigenvalue weighted by Gasteiger charge is -2.19. The van der Waals surface area contributed by atoms with E-state index in [1.54, 1.807) is 12.1 Å². The Bertz CT molecular complexity index is 345. The van der Waals surface area contributed by atoms with Gasteiger partial charge in [-0.2, -0.15) is 0 Å². The maximum atomic E-state index is 13.7. The summed E-state index contributed by atoms with van der Waals surface area (Å²) >= 11 is 6.08. The highest BCUT2D eigenvalue weighted by molar-refractivity contribution is 6.31. The molecule has 102 valence electrons. The van der Waals surface area contributed by atoms with Gasteiger partial charge in [0.1, 0.15) is 5.82 Å². The summed E-state index contributed by atoms with van der Waals surface area (Å²) in [5.41, 5.74) is 0.656. The van der Waals surface area contributed by atoms with Crippen molar-refractivity contribution in [1.82, 2.24) is 5.32 Å². The van der Waals surface area contributed by atoms with E-state index in [9.17, 15) is 4.39 Å². The van der Waals surface area contributed by atoms with Crippen LogP contribution >= 0.6 is 11.6 Å². The van der Waals surface area contributed by atoms with E-state index in [0.717, 1.165) is 19.4 Å². The molecule has 0 radical (unpaired) electrons. The fourth-order valence-corrected chi connectivity index (χ4v) is 2.34. The minimum Gasteiger partial charge on any atom is -0.314 e. The second kappa shape index (κ2) is 7.75. The molecule has 0 saturated carbocycles. The highest BCUT2D eigenvalue weighted by Gasteiger charge is 2.14. The van der Waals surface area contributed by atoms with Crippen LogP contribution in [0.2, 0.25) is 5.02 Å². The molecule has 0 aliphatic rings. The molecule has 1 rings (SSSR count). The number of halogens is 2. The van der Waals surface area contributed by atoms with Gasteiger partial charge in [0.05, 0.1) is 0 Å². The monoisotopic (exact) mass is 271 g/mol. The number of hydrogen-bond donors (Lipinski definition) is 1. The Morgan fingerprint density at radius 2 is 2.06 bits per heavy atom. The Hall–Kier alpha value is -0.600. The number of hydrogen-bond acceptors (Lipinski definition) is 1. The lowest BCUT2D eigenvalue weighted by molar-refractivity contribution is 0.413. The number of benzene rings is 1. The van der Waals surface area contributed by atoms with Crippen LogP contribution in [0.4, 0.5) is 4.39 Å². The zero-order chi connectivity index (χ0) is 13.5.